The number of hydrogen-bond donors (Lipinski definition) is 3. The van der Waals surface area contributed by atoms with Crippen molar-refractivity contribution in [3.05, 3.63) is 48.0 Å². The van der Waals surface area contributed by atoms with Gasteiger partial charge >= 0.3 is 17.9 Å². The quantitative estimate of drug-likeness (QED) is 0.274. The van der Waals surface area contributed by atoms with Crippen LogP contribution in [0.15, 0.2) is 12.1 Å². The molecule has 0 aliphatic rings. The zero-order chi connectivity index (χ0) is 20.2. The van der Waals surface area contributed by atoms with Gasteiger partial charge in [-0.05, 0) is 0 Å². The van der Waals surface area contributed by atoms with Gasteiger partial charge in [-0.1, -0.05) is 0 Å². The number of aromatic carboxylic acids is 1. The summed E-state index contributed by atoms with van der Waals surface area (Å²) in [6.45, 7) is -1.72. The molecule has 15 nitrogen and oxygen atoms in total. The molecular formula is C11H11N3O12. The first-order valence-corrected chi connectivity index (χ1v) is 6.37. The van der Waals surface area contributed by atoms with Gasteiger partial charge in [-0.15, -0.1) is 0 Å². The van der Waals surface area contributed by atoms with Crippen LogP contribution in [-0.2, 0) is 0 Å². The molecule has 0 aromatic heterocycles. The number of benzene rings is 1. The maximum atomic E-state index is 11.1. The molecule has 3 N–H and O–H groups in total. The summed E-state index contributed by atoms with van der Waals surface area (Å²) in [5.41, 5.74) is -5.48. The first kappa shape index (κ1) is 20.5. The molecule has 0 aliphatic carbocycles. The number of nitro groups is 3. The topological polar surface area (TPSA) is 226 Å². The second-order valence-corrected chi connectivity index (χ2v) is 4.63. The zero-order valence-electron chi connectivity index (χ0n) is 12.8. The van der Waals surface area contributed by atoms with Crippen LogP contribution in [0.5, 0.6) is 11.5 Å². The number of aliphatic hydroxyl groups excluding tert-OH is 1. The van der Waals surface area contributed by atoms with Gasteiger partial charge in [0, 0.05) is 6.07 Å². The van der Waals surface area contributed by atoms with Crippen molar-refractivity contribution in [2.45, 2.75) is 12.0 Å². The first-order valence-electron chi connectivity index (χ1n) is 6.37. The number of aliphatic hydroxyl groups is 2. The van der Waals surface area contributed by atoms with Crippen LogP contribution >= 0.6 is 0 Å². The Morgan fingerprint density at radius 1 is 1.23 bits per heavy atom. The molecule has 1 rings (SSSR count). The SMILES string of the molecule is COc1cc(C(=O)O)c([N+](=O)[O-])cc1OC([N+](=O)[O-])C(O)(CO)[N+](=O)[O-]. The molecule has 2 unspecified atom stereocenters. The Bertz CT molecular complexity index is 765. The lowest BCUT2D eigenvalue weighted by Gasteiger charge is -2.21. The molecule has 0 bridgehead atoms. The summed E-state index contributed by atoms with van der Waals surface area (Å²) in [7, 11) is 0.965. The number of rotatable bonds is 9. The number of carboxylic acids is 1. The highest BCUT2D eigenvalue weighted by atomic mass is 16.7. The highest BCUT2D eigenvalue weighted by molar-refractivity contribution is 5.93. The zero-order valence-corrected chi connectivity index (χ0v) is 12.8. The third kappa shape index (κ3) is 3.73. The van der Waals surface area contributed by atoms with Crippen molar-refractivity contribution in [3.8, 4) is 11.5 Å². The van der Waals surface area contributed by atoms with Gasteiger partial charge in [-0.2, -0.15) is 0 Å². The van der Waals surface area contributed by atoms with E-state index in [1.54, 1.807) is 0 Å². The minimum absolute atomic E-state index is 0.427. The predicted octanol–water partition coefficient (Wildman–Crippen LogP) is -0.759. The van der Waals surface area contributed by atoms with E-state index in [-0.39, 0.29) is 0 Å². The van der Waals surface area contributed by atoms with Crippen LogP contribution in [-0.4, -0.2) is 61.7 Å². The first-order chi connectivity index (χ1) is 12.0. The van der Waals surface area contributed by atoms with Gasteiger partial charge in [0.2, 0.25) is 0 Å². The van der Waals surface area contributed by atoms with E-state index < -0.39 is 62.0 Å². The number of carbonyl (C=O) groups is 1. The fourth-order valence-corrected chi connectivity index (χ4v) is 1.78. The van der Waals surface area contributed by atoms with Crippen LogP contribution in [0.1, 0.15) is 10.4 Å². The van der Waals surface area contributed by atoms with E-state index in [4.69, 9.17) is 14.9 Å². The standard InChI is InChI=1S/C11H11N3O12/c1-25-7-2-5(9(16)17)6(12(19)20)3-8(7)26-10(13(21)22)11(18,4-15)14(23)24/h2-3,10,15,18H,4H2,1H3,(H,16,17). The van der Waals surface area contributed by atoms with E-state index in [0.29, 0.717) is 12.1 Å². The molecule has 15 heteroatoms. The third-order valence-electron chi connectivity index (χ3n) is 3.08. The summed E-state index contributed by atoms with van der Waals surface area (Å²) in [6, 6.07) is 1.04. The molecule has 0 aliphatic heterocycles. The van der Waals surface area contributed by atoms with E-state index in [0.717, 1.165) is 7.11 Å². The molecule has 26 heavy (non-hydrogen) atoms. The number of nitro benzene ring substituents is 1. The maximum Gasteiger partial charge on any atom is 0.453 e. The second kappa shape index (κ2) is 7.53. The molecule has 2 atom stereocenters. The Morgan fingerprint density at radius 2 is 1.81 bits per heavy atom. The molecule has 0 saturated carbocycles. The average Bonchev–Trinajstić information content (AvgIpc) is 2.57. The van der Waals surface area contributed by atoms with E-state index >= 15 is 0 Å². The van der Waals surface area contributed by atoms with Gasteiger partial charge in [0.1, 0.15) is 5.56 Å². The fourth-order valence-electron chi connectivity index (χ4n) is 1.78. The minimum Gasteiger partial charge on any atom is -0.493 e. The third-order valence-corrected chi connectivity index (χ3v) is 3.08. The van der Waals surface area contributed by atoms with Gasteiger partial charge in [-0.25, -0.2) is 4.79 Å². The number of ether oxygens (including phenoxy) is 2. The Hall–Kier alpha value is -3.59. The molecule has 0 heterocycles. The number of carboxylic acid groups (broad SMARTS) is 1. The van der Waals surface area contributed by atoms with Crippen LogP contribution in [0, 0.1) is 30.3 Å². The Morgan fingerprint density at radius 3 is 2.15 bits per heavy atom. The van der Waals surface area contributed by atoms with Crippen molar-refractivity contribution < 1.29 is 44.4 Å². The van der Waals surface area contributed by atoms with E-state index in [1.165, 1.54) is 0 Å². The van der Waals surface area contributed by atoms with E-state index in [2.05, 4.69) is 4.74 Å². The predicted molar refractivity (Wildman–Crippen MR) is 77.0 cm³/mol. The minimum atomic E-state index is -3.59. The van der Waals surface area contributed by atoms with Crippen molar-refractivity contribution in [2.75, 3.05) is 13.7 Å². The van der Waals surface area contributed by atoms with Crippen molar-refractivity contribution in [1.29, 1.82) is 0 Å². The smallest absolute Gasteiger partial charge is 0.453 e. The Kier molecular flexibility index (Phi) is 5.93. The van der Waals surface area contributed by atoms with E-state index in [1.807, 2.05) is 0 Å². The number of methoxy groups -OCH3 is 1. The molecule has 1 aromatic rings. The molecule has 0 spiro atoms. The number of nitrogens with zero attached hydrogens (tertiary/aromatic N) is 3. The van der Waals surface area contributed by atoms with Gasteiger partial charge in [-0.3, -0.25) is 30.3 Å². The van der Waals surface area contributed by atoms with Gasteiger partial charge < -0.3 is 24.8 Å². The maximum absolute atomic E-state index is 11.1. The lowest BCUT2D eigenvalue weighted by Crippen LogP contribution is -2.58. The molecule has 0 saturated heterocycles. The molecular weight excluding hydrogens is 366 g/mol. The van der Waals surface area contributed by atoms with Crippen molar-refractivity contribution in [1.82, 2.24) is 0 Å². The second-order valence-electron chi connectivity index (χ2n) is 4.63. The summed E-state index contributed by atoms with van der Waals surface area (Å²) in [5.74, 6) is -3.10. The van der Waals surface area contributed by atoms with Crippen molar-refractivity contribution in [2.24, 2.45) is 0 Å². The van der Waals surface area contributed by atoms with Crippen molar-refractivity contribution in [3.63, 3.8) is 0 Å². The van der Waals surface area contributed by atoms with Crippen molar-refractivity contribution >= 4 is 11.7 Å². The number of hydrogen-bond acceptors (Lipinski definition) is 11. The highest BCUT2D eigenvalue weighted by Gasteiger charge is 2.60. The highest BCUT2D eigenvalue weighted by Crippen LogP contribution is 2.36. The molecule has 0 amide bonds. The van der Waals surface area contributed by atoms with Gasteiger partial charge in [0.15, 0.2) is 18.1 Å². The van der Waals surface area contributed by atoms with Crippen LogP contribution < -0.4 is 9.47 Å². The van der Waals surface area contributed by atoms with Crippen LogP contribution in [0.25, 0.3) is 0 Å². The molecule has 142 valence electrons. The largest absolute Gasteiger partial charge is 0.493 e. The molecule has 0 radical (unpaired) electrons. The average molecular weight is 377 g/mol. The Labute approximate surface area is 142 Å². The Balaban J connectivity index is 3.56. The monoisotopic (exact) mass is 377 g/mol. The normalized spacial score (nSPS) is 14.0. The fraction of sp³-hybridized carbons (Fsp3) is 0.364. The van der Waals surface area contributed by atoms with Gasteiger partial charge in [0.25, 0.3) is 5.69 Å². The summed E-state index contributed by atoms with van der Waals surface area (Å²) in [4.78, 5) is 39.8. The molecule has 0 fully saturated rings. The summed E-state index contributed by atoms with van der Waals surface area (Å²) in [5, 5.41) is 60.5. The summed E-state index contributed by atoms with van der Waals surface area (Å²) in [6.07, 6.45) is -2.90. The van der Waals surface area contributed by atoms with Crippen LogP contribution in [0.4, 0.5) is 5.69 Å². The summed E-state index contributed by atoms with van der Waals surface area (Å²) < 4.78 is 9.38. The van der Waals surface area contributed by atoms with Crippen LogP contribution in [0.2, 0.25) is 0 Å². The molecule has 1 aromatic carbocycles. The van der Waals surface area contributed by atoms with Gasteiger partial charge in [0.05, 0.1) is 27.9 Å². The summed E-state index contributed by atoms with van der Waals surface area (Å²) >= 11 is 0. The van der Waals surface area contributed by atoms with E-state index in [9.17, 15) is 40.2 Å². The lowest BCUT2D eigenvalue weighted by molar-refractivity contribution is -0.719. The lowest BCUT2D eigenvalue weighted by atomic mass is 10.1. The van der Waals surface area contributed by atoms with Crippen LogP contribution in [0.3, 0.4) is 0 Å².